The highest BCUT2D eigenvalue weighted by Crippen LogP contribution is 2.52. The van der Waals surface area contributed by atoms with Crippen LogP contribution in [0.15, 0.2) is 79.5 Å². The predicted octanol–water partition coefficient (Wildman–Crippen LogP) is 4.47. The third-order valence-corrected chi connectivity index (χ3v) is 5.62. The molecule has 1 aromatic heterocycles. The topological polar surface area (TPSA) is 105 Å². The van der Waals surface area contributed by atoms with E-state index in [2.05, 4.69) is 16.9 Å². The van der Waals surface area contributed by atoms with Crippen LogP contribution in [0.2, 0.25) is 0 Å². The Balaban J connectivity index is 1.98. The first-order valence-corrected chi connectivity index (χ1v) is 10.7. The third kappa shape index (κ3) is 3.63. The average Bonchev–Trinajstić information content (AvgIpc) is 3.08. The second-order valence-corrected chi connectivity index (χ2v) is 9.07. The van der Waals surface area contributed by atoms with E-state index < -0.39 is 27.8 Å². The van der Waals surface area contributed by atoms with Crippen LogP contribution in [0.25, 0.3) is 5.57 Å². The van der Waals surface area contributed by atoms with Crippen molar-refractivity contribution in [3.63, 3.8) is 0 Å². The van der Waals surface area contributed by atoms with E-state index in [1.807, 2.05) is 32.9 Å². The van der Waals surface area contributed by atoms with Crippen LogP contribution in [0.1, 0.15) is 42.4 Å². The number of anilines is 1. The molecule has 1 atom stereocenters. The van der Waals surface area contributed by atoms with Crippen molar-refractivity contribution >= 4 is 28.8 Å². The van der Waals surface area contributed by atoms with Crippen molar-refractivity contribution in [1.82, 2.24) is 10.3 Å². The molecule has 34 heavy (non-hydrogen) atoms. The molecule has 0 fully saturated rings. The summed E-state index contributed by atoms with van der Waals surface area (Å²) in [6.07, 6.45) is 1.56. The molecule has 172 valence electrons. The number of nitrogens with one attached hydrogen (secondary N) is 1. The summed E-state index contributed by atoms with van der Waals surface area (Å²) in [7, 11) is 0. The van der Waals surface area contributed by atoms with Crippen LogP contribution in [0, 0.1) is 10.1 Å². The Bertz CT molecular complexity index is 1300. The summed E-state index contributed by atoms with van der Waals surface area (Å²) in [4.78, 5) is 44.5. The lowest BCUT2D eigenvalue weighted by Gasteiger charge is -2.39. The standard InChI is InChI=1S/C26H24N4O4/c1-17-20-9-5-6-10-21(20)29(23(31)18-12-14-19(15-13-18)30(33)34)26(17,22-11-7-8-16-27-22)24(32)28-25(2,3)4/h5-16H,1H2,2-4H3,(H,28,32). The Morgan fingerprint density at radius 1 is 1.03 bits per heavy atom. The lowest BCUT2D eigenvalue weighted by molar-refractivity contribution is -0.384. The van der Waals surface area contributed by atoms with Gasteiger partial charge in [0.25, 0.3) is 17.5 Å². The SMILES string of the molecule is C=C1c2ccccc2N(C(=O)c2ccc([N+](=O)[O-])cc2)C1(C(=O)NC(C)(C)C)c1ccccn1. The molecular formula is C26H24N4O4. The van der Waals surface area contributed by atoms with Crippen molar-refractivity contribution < 1.29 is 14.5 Å². The van der Waals surface area contributed by atoms with Crippen LogP contribution < -0.4 is 10.2 Å². The molecule has 0 bridgehead atoms. The first-order valence-electron chi connectivity index (χ1n) is 10.7. The van der Waals surface area contributed by atoms with Crippen molar-refractivity contribution in [3.8, 4) is 0 Å². The van der Waals surface area contributed by atoms with Crippen LogP contribution in [0.4, 0.5) is 11.4 Å². The monoisotopic (exact) mass is 456 g/mol. The number of pyridine rings is 1. The van der Waals surface area contributed by atoms with E-state index in [-0.39, 0.29) is 11.3 Å². The van der Waals surface area contributed by atoms with E-state index in [0.717, 1.165) is 0 Å². The number of aromatic nitrogens is 1. The number of hydrogen-bond acceptors (Lipinski definition) is 5. The van der Waals surface area contributed by atoms with Crippen molar-refractivity contribution in [3.05, 3.63) is 106 Å². The molecule has 1 aliphatic heterocycles. The Labute approximate surface area is 197 Å². The summed E-state index contributed by atoms with van der Waals surface area (Å²) >= 11 is 0. The molecule has 2 amide bonds. The molecule has 0 spiro atoms. The van der Waals surface area contributed by atoms with E-state index in [0.29, 0.717) is 22.5 Å². The number of hydrogen-bond donors (Lipinski definition) is 1. The molecule has 0 saturated carbocycles. The molecule has 1 unspecified atom stereocenters. The first kappa shape index (κ1) is 22.8. The maximum absolute atomic E-state index is 14.1. The Hall–Kier alpha value is -4.33. The fourth-order valence-electron chi connectivity index (χ4n) is 4.18. The molecule has 0 saturated heterocycles. The molecular weight excluding hydrogens is 432 g/mol. The molecule has 1 N–H and O–H groups in total. The molecule has 0 aliphatic carbocycles. The lowest BCUT2D eigenvalue weighted by Crippen LogP contribution is -2.60. The van der Waals surface area contributed by atoms with Crippen molar-refractivity contribution in [2.45, 2.75) is 31.8 Å². The number of benzene rings is 2. The van der Waals surface area contributed by atoms with Crippen LogP contribution in [0.3, 0.4) is 0 Å². The van der Waals surface area contributed by atoms with Gasteiger partial charge in [0.05, 0.1) is 16.3 Å². The van der Waals surface area contributed by atoms with Crippen molar-refractivity contribution in [2.75, 3.05) is 4.90 Å². The summed E-state index contributed by atoms with van der Waals surface area (Å²) in [6, 6.07) is 17.6. The minimum absolute atomic E-state index is 0.135. The maximum Gasteiger partial charge on any atom is 0.269 e. The van der Waals surface area contributed by atoms with E-state index >= 15 is 0 Å². The van der Waals surface area contributed by atoms with Gasteiger partial charge in [-0.1, -0.05) is 30.8 Å². The van der Waals surface area contributed by atoms with Gasteiger partial charge in [0.1, 0.15) is 0 Å². The summed E-state index contributed by atoms with van der Waals surface area (Å²) < 4.78 is 0. The molecule has 0 radical (unpaired) electrons. The second kappa shape index (κ2) is 8.22. The van der Waals surface area contributed by atoms with Gasteiger partial charge in [-0.3, -0.25) is 29.6 Å². The van der Waals surface area contributed by atoms with Gasteiger partial charge < -0.3 is 5.32 Å². The number of nitrogens with zero attached hydrogens (tertiary/aromatic N) is 3. The number of non-ortho nitro benzene ring substituents is 1. The normalized spacial score (nSPS) is 17.3. The van der Waals surface area contributed by atoms with Crippen LogP contribution in [-0.2, 0) is 10.3 Å². The summed E-state index contributed by atoms with van der Waals surface area (Å²) in [5.41, 5.74) is -0.291. The zero-order valence-corrected chi connectivity index (χ0v) is 19.1. The van der Waals surface area contributed by atoms with Gasteiger partial charge in [-0.25, -0.2) is 0 Å². The smallest absolute Gasteiger partial charge is 0.269 e. The minimum atomic E-state index is -1.66. The zero-order valence-electron chi connectivity index (χ0n) is 19.1. The first-order chi connectivity index (χ1) is 16.1. The Kier molecular flexibility index (Phi) is 5.53. The van der Waals surface area contributed by atoms with Crippen molar-refractivity contribution in [2.24, 2.45) is 0 Å². The molecule has 2 heterocycles. The Morgan fingerprint density at radius 2 is 1.68 bits per heavy atom. The van der Waals surface area contributed by atoms with Crippen LogP contribution in [0.5, 0.6) is 0 Å². The van der Waals surface area contributed by atoms with Gasteiger partial charge in [0.15, 0.2) is 5.54 Å². The third-order valence-electron chi connectivity index (χ3n) is 5.62. The number of fused-ring (bicyclic) bond motifs is 1. The highest BCUT2D eigenvalue weighted by molar-refractivity contribution is 6.21. The fourth-order valence-corrected chi connectivity index (χ4v) is 4.18. The van der Waals surface area contributed by atoms with E-state index in [1.54, 1.807) is 36.5 Å². The zero-order chi connectivity index (χ0) is 24.7. The molecule has 8 nitrogen and oxygen atoms in total. The van der Waals surface area contributed by atoms with Gasteiger partial charge in [0, 0.05) is 35.0 Å². The van der Waals surface area contributed by atoms with Crippen molar-refractivity contribution in [1.29, 1.82) is 0 Å². The Morgan fingerprint density at radius 3 is 2.26 bits per heavy atom. The van der Waals surface area contributed by atoms with E-state index in [9.17, 15) is 19.7 Å². The van der Waals surface area contributed by atoms with E-state index in [4.69, 9.17) is 0 Å². The quantitative estimate of drug-likeness (QED) is 0.460. The average molecular weight is 457 g/mol. The van der Waals surface area contributed by atoms with Gasteiger partial charge >= 0.3 is 0 Å². The number of nitro groups is 1. The number of carbonyl (C=O) groups excluding carboxylic acids is 2. The second-order valence-electron chi connectivity index (χ2n) is 9.07. The number of nitro benzene ring substituents is 1. The highest BCUT2D eigenvalue weighted by atomic mass is 16.6. The van der Waals surface area contributed by atoms with Gasteiger partial charge in [-0.05, 0) is 56.7 Å². The lowest BCUT2D eigenvalue weighted by atomic mass is 9.83. The van der Waals surface area contributed by atoms with Crippen LogP contribution in [-0.4, -0.2) is 27.3 Å². The number of para-hydroxylation sites is 1. The highest BCUT2D eigenvalue weighted by Gasteiger charge is 2.58. The number of carbonyl (C=O) groups is 2. The maximum atomic E-state index is 14.1. The van der Waals surface area contributed by atoms with Crippen LogP contribution >= 0.6 is 0 Å². The summed E-state index contributed by atoms with van der Waals surface area (Å²) in [5, 5.41) is 14.1. The molecule has 8 heteroatoms. The molecule has 3 aromatic rings. The largest absolute Gasteiger partial charge is 0.349 e. The number of rotatable bonds is 4. The van der Waals surface area contributed by atoms with Gasteiger partial charge in [-0.15, -0.1) is 0 Å². The number of amides is 2. The molecule has 2 aromatic carbocycles. The molecule has 4 rings (SSSR count). The van der Waals surface area contributed by atoms with Gasteiger partial charge in [-0.2, -0.15) is 0 Å². The summed E-state index contributed by atoms with van der Waals surface area (Å²) in [6.45, 7) is 9.81. The van der Waals surface area contributed by atoms with Gasteiger partial charge in [0.2, 0.25) is 0 Å². The minimum Gasteiger partial charge on any atom is -0.349 e. The molecule has 1 aliphatic rings. The predicted molar refractivity (Wildman–Crippen MR) is 129 cm³/mol. The summed E-state index contributed by atoms with van der Waals surface area (Å²) in [5.74, 6) is -0.953. The fraction of sp³-hybridized carbons (Fsp3) is 0.192. The van der Waals surface area contributed by atoms with E-state index in [1.165, 1.54) is 29.2 Å².